The molecular formula is C31H40N2O3S. The number of nitrogens with zero attached hydrogens (tertiary/aromatic N) is 2. The van der Waals surface area contributed by atoms with E-state index < -0.39 is 10.1 Å². The Morgan fingerprint density at radius 1 is 0.865 bits per heavy atom. The molecule has 0 atom stereocenters. The highest BCUT2D eigenvalue weighted by molar-refractivity contribution is 7.85. The molecule has 0 amide bonds. The van der Waals surface area contributed by atoms with Gasteiger partial charge in [0, 0.05) is 35.5 Å². The van der Waals surface area contributed by atoms with Gasteiger partial charge < -0.3 is 9.45 Å². The van der Waals surface area contributed by atoms with Crippen LogP contribution in [-0.4, -0.2) is 49.4 Å². The van der Waals surface area contributed by atoms with Crippen molar-refractivity contribution < 1.29 is 17.5 Å². The number of benzene rings is 2. The van der Waals surface area contributed by atoms with Crippen molar-refractivity contribution in [3.8, 4) is 0 Å². The molecule has 0 heterocycles. The van der Waals surface area contributed by atoms with Crippen molar-refractivity contribution in [2.24, 2.45) is 0 Å². The third-order valence-corrected chi connectivity index (χ3v) is 8.04. The van der Waals surface area contributed by atoms with Gasteiger partial charge in [0.1, 0.15) is 23.2 Å². The van der Waals surface area contributed by atoms with Gasteiger partial charge >= 0.3 is 0 Å². The Morgan fingerprint density at radius 3 is 1.84 bits per heavy atom. The quantitative estimate of drug-likeness (QED) is 0.305. The van der Waals surface area contributed by atoms with Crippen LogP contribution in [0.4, 0.5) is 5.69 Å². The molecule has 0 bridgehead atoms. The molecule has 0 N–H and O–H groups in total. The van der Waals surface area contributed by atoms with E-state index in [1.165, 1.54) is 17.5 Å². The summed E-state index contributed by atoms with van der Waals surface area (Å²) in [5.74, 6) is 0. The van der Waals surface area contributed by atoms with E-state index in [4.69, 9.17) is 0 Å². The summed E-state index contributed by atoms with van der Waals surface area (Å²) in [7, 11) is -4.68. The Kier molecular flexibility index (Phi) is 8.98. The summed E-state index contributed by atoms with van der Waals surface area (Å²) in [4.78, 5) is 2.13. The largest absolute Gasteiger partial charge is 0.744 e. The minimum Gasteiger partial charge on any atom is -0.744 e. The predicted octanol–water partition coefficient (Wildman–Crippen LogP) is 6.26. The summed E-state index contributed by atoms with van der Waals surface area (Å²) in [6.07, 6.45) is 4.24. The summed E-state index contributed by atoms with van der Waals surface area (Å²) < 4.78 is 39.4. The van der Waals surface area contributed by atoms with Gasteiger partial charge in [0.05, 0.1) is 4.90 Å². The van der Waals surface area contributed by atoms with Crippen LogP contribution in [0.5, 0.6) is 0 Å². The SMILES string of the molecule is CCN(CC)c1c(C)cc(C(=C2C=C(C)C(=[N+](CC)CC)C(C)=C2)c2ccccc2S(=O)(=O)[O-])cc1C. The molecule has 1 aliphatic rings. The average Bonchev–Trinajstić information content (AvgIpc) is 2.83. The van der Waals surface area contributed by atoms with Crippen LogP contribution in [0.1, 0.15) is 63.8 Å². The van der Waals surface area contributed by atoms with Gasteiger partial charge in [-0.15, -0.1) is 0 Å². The maximum Gasteiger partial charge on any atom is 0.205 e. The van der Waals surface area contributed by atoms with Crippen LogP contribution in [0.2, 0.25) is 0 Å². The van der Waals surface area contributed by atoms with Gasteiger partial charge in [-0.05, 0) is 114 Å². The first-order valence-corrected chi connectivity index (χ1v) is 14.5. The third kappa shape index (κ3) is 5.81. The number of hydrogen-bond acceptors (Lipinski definition) is 4. The van der Waals surface area contributed by atoms with Gasteiger partial charge in [0.25, 0.3) is 0 Å². The lowest BCUT2D eigenvalue weighted by atomic mass is 9.85. The van der Waals surface area contributed by atoms with Gasteiger partial charge in [-0.1, -0.05) is 18.2 Å². The second-order valence-electron chi connectivity index (χ2n) is 9.59. The number of anilines is 1. The minimum absolute atomic E-state index is 0.198. The molecule has 2 aromatic carbocycles. The standard InChI is InChI=1S/C31H40N2O3S/c1-9-32(10-2)30-21(5)17-25(18-22(30)6)29(27-15-13-14-16-28(27)37(34,35)36)26-19-23(7)31(24(8)20-26)33(11-3)12-4/h13-20H,9-12H2,1-8H3. The Hall–Kier alpha value is -2.96. The maximum atomic E-state index is 12.3. The van der Waals surface area contributed by atoms with Crippen LogP contribution in [0.15, 0.2) is 70.2 Å². The molecule has 2 aromatic rings. The lowest BCUT2D eigenvalue weighted by Gasteiger charge is -2.27. The zero-order chi connectivity index (χ0) is 27.5. The molecule has 0 aliphatic heterocycles. The van der Waals surface area contributed by atoms with Crippen molar-refractivity contribution >= 4 is 27.1 Å². The van der Waals surface area contributed by atoms with E-state index >= 15 is 0 Å². The van der Waals surface area contributed by atoms with Crippen LogP contribution in [0.25, 0.3) is 5.57 Å². The first-order chi connectivity index (χ1) is 17.5. The fraction of sp³-hybridized carbons (Fsp3) is 0.387. The van der Waals surface area contributed by atoms with Crippen molar-refractivity contribution in [2.45, 2.75) is 60.3 Å². The van der Waals surface area contributed by atoms with Crippen molar-refractivity contribution in [1.29, 1.82) is 0 Å². The fourth-order valence-electron chi connectivity index (χ4n) is 5.65. The van der Waals surface area contributed by atoms with E-state index in [0.717, 1.165) is 65.2 Å². The van der Waals surface area contributed by atoms with Gasteiger partial charge in [-0.2, -0.15) is 0 Å². The maximum absolute atomic E-state index is 12.3. The second-order valence-corrected chi connectivity index (χ2v) is 10.9. The van der Waals surface area contributed by atoms with E-state index in [0.29, 0.717) is 5.56 Å². The molecule has 3 rings (SSSR count). The monoisotopic (exact) mass is 520 g/mol. The molecule has 0 radical (unpaired) electrons. The van der Waals surface area contributed by atoms with Crippen LogP contribution in [-0.2, 0) is 10.1 Å². The number of hydrogen-bond donors (Lipinski definition) is 0. The molecule has 6 heteroatoms. The average molecular weight is 521 g/mol. The fourth-order valence-corrected chi connectivity index (χ4v) is 6.33. The molecule has 37 heavy (non-hydrogen) atoms. The first-order valence-electron chi connectivity index (χ1n) is 13.1. The second kappa shape index (κ2) is 11.6. The molecule has 1 aliphatic carbocycles. The molecule has 0 aromatic heterocycles. The molecule has 0 saturated carbocycles. The van der Waals surface area contributed by atoms with Gasteiger partial charge in [0.15, 0.2) is 0 Å². The molecule has 0 saturated heterocycles. The number of aryl methyl sites for hydroxylation is 2. The van der Waals surface area contributed by atoms with E-state index in [2.05, 4.69) is 89.2 Å². The van der Waals surface area contributed by atoms with Crippen molar-refractivity contribution in [3.63, 3.8) is 0 Å². The summed E-state index contributed by atoms with van der Waals surface area (Å²) in [5, 5.41) is 0. The third-order valence-electron chi connectivity index (χ3n) is 7.14. The van der Waals surface area contributed by atoms with Crippen LogP contribution in [0.3, 0.4) is 0 Å². The zero-order valence-corrected chi connectivity index (χ0v) is 24.3. The number of allylic oxidation sites excluding steroid dienone is 5. The molecule has 198 valence electrons. The van der Waals surface area contributed by atoms with Crippen LogP contribution in [0, 0.1) is 13.8 Å². The Labute approximate surface area is 223 Å². The lowest BCUT2D eigenvalue weighted by Crippen LogP contribution is -2.25. The van der Waals surface area contributed by atoms with Crippen LogP contribution < -0.4 is 4.90 Å². The highest BCUT2D eigenvalue weighted by Gasteiger charge is 2.25. The summed E-state index contributed by atoms with van der Waals surface area (Å²) in [6.45, 7) is 20.6. The molecule has 0 unspecified atom stereocenters. The van der Waals surface area contributed by atoms with E-state index in [9.17, 15) is 13.0 Å². The van der Waals surface area contributed by atoms with E-state index in [-0.39, 0.29) is 4.90 Å². The Bertz CT molecular complexity index is 1370. The summed E-state index contributed by atoms with van der Waals surface area (Å²) >= 11 is 0. The Morgan fingerprint density at radius 2 is 1.38 bits per heavy atom. The molecule has 0 spiro atoms. The first kappa shape index (κ1) is 28.6. The number of rotatable bonds is 8. The lowest BCUT2D eigenvalue weighted by molar-refractivity contribution is -0.519. The van der Waals surface area contributed by atoms with E-state index in [1.54, 1.807) is 18.2 Å². The van der Waals surface area contributed by atoms with Crippen molar-refractivity contribution in [3.05, 3.63) is 87.5 Å². The topological polar surface area (TPSA) is 63.5 Å². The highest BCUT2D eigenvalue weighted by atomic mass is 32.2. The van der Waals surface area contributed by atoms with Gasteiger partial charge in [-0.3, -0.25) is 0 Å². The molecule has 5 nitrogen and oxygen atoms in total. The summed E-state index contributed by atoms with van der Waals surface area (Å²) in [5.41, 5.74) is 9.85. The normalized spacial score (nSPS) is 13.9. The van der Waals surface area contributed by atoms with Gasteiger partial charge in [-0.25, -0.2) is 13.0 Å². The zero-order valence-electron chi connectivity index (χ0n) is 23.5. The molecular weight excluding hydrogens is 480 g/mol. The smallest absolute Gasteiger partial charge is 0.205 e. The summed E-state index contributed by atoms with van der Waals surface area (Å²) in [6, 6.07) is 10.8. The van der Waals surface area contributed by atoms with Crippen LogP contribution >= 0.6 is 0 Å². The Balaban J connectivity index is 2.44. The predicted molar refractivity (Wildman–Crippen MR) is 154 cm³/mol. The van der Waals surface area contributed by atoms with Crippen molar-refractivity contribution in [2.75, 3.05) is 31.1 Å². The van der Waals surface area contributed by atoms with Gasteiger partial charge in [0.2, 0.25) is 5.71 Å². The highest BCUT2D eigenvalue weighted by Crippen LogP contribution is 2.38. The minimum atomic E-state index is -4.68. The van der Waals surface area contributed by atoms with Crippen molar-refractivity contribution in [1.82, 2.24) is 0 Å². The molecule has 0 fully saturated rings. The van der Waals surface area contributed by atoms with E-state index in [1.807, 2.05) is 0 Å².